The molecule has 0 spiro atoms. The van der Waals surface area contributed by atoms with Crippen LogP contribution in [0.15, 0.2) is 24.5 Å². The van der Waals surface area contributed by atoms with Crippen LogP contribution in [0.25, 0.3) is 0 Å². The number of carboxylic acids is 2. The maximum absolute atomic E-state index is 10.2. The number of aliphatic hydroxyl groups excluding tert-OH is 1. The molecule has 7 heteroatoms. The molecule has 1 heterocycles. The van der Waals surface area contributed by atoms with E-state index in [9.17, 15) is 14.7 Å². The number of aliphatic hydroxyl groups is 1. The van der Waals surface area contributed by atoms with Crippen molar-refractivity contribution in [1.82, 2.24) is 0 Å². The number of aromatic carboxylic acids is 1. The zero-order valence-corrected chi connectivity index (χ0v) is 11.7. The van der Waals surface area contributed by atoms with Crippen molar-refractivity contribution in [3.63, 3.8) is 0 Å². The van der Waals surface area contributed by atoms with Crippen molar-refractivity contribution in [2.24, 2.45) is 18.7 Å². The average Bonchev–Trinajstić information content (AvgIpc) is 2.37. The molecule has 0 aliphatic carbocycles. The highest BCUT2D eigenvalue weighted by atomic mass is 16.4. The van der Waals surface area contributed by atoms with Crippen LogP contribution in [-0.4, -0.2) is 34.3 Å². The summed E-state index contributed by atoms with van der Waals surface area (Å²) in [5, 5.41) is 27.5. The lowest BCUT2D eigenvalue weighted by Crippen LogP contribution is -2.41. The number of pyridine rings is 1. The van der Waals surface area contributed by atoms with Gasteiger partial charge in [-0.05, 0) is 13.0 Å². The molecule has 1 unspecified atom stereocenters. The fourth-order valence-electron chi connectivity index (χ4n) is 1.23. The molecular weight excluding hydrogens is 264 g/mol. The Balaban J connectivity index is 0.000000361. The van der Waals surface area contributed by atoms with Crippen LogP contribution in [0, 0.1) is 5.92 Å². The van der Waals surface area contributed by atoms with Gasteiger partial charge in [0.2, 0.25) is 0 Å². The van der Waals surface area contributed by atoms with Crippen molar-refractivity contribution in [1.29, 1.82) is 0 Å². The SMILES string of the molecule is CC(O)[C@H](C)[C@H](N)C(=O)O.C[n+]1cccc(C(=O)[O-])c1. The molecule has 0 aromatic carbocycles. The molecule has 7 nitrogen and oxygen atoms in total. The van der Waals surface area contributed by atoms with Crippen molar-refractivity contribution in [2.45, 2.75) is 26.0 Å². The maximum atomic E-state index is 10.2. The van der Waals surface area contributed by atoms with Gasteiger partial charge in [-0.1, -0.05) is 6.92 Å². The number of hydrogen-bond acceptors (Lipinski definition) is 5. The third kappa shape index (κ3) is 6.26. The first-order valence-electron chi connectivity index (χ1n) is 6.00. The van der Waals surface area contributed by atoms with E-state index < -0.39 is 30.0 Å². The van der Waals surface area contributed by atoms with Gasteiger partial charge < -0.3 is 25.8 Å². The van der Waals surface area contributed by atoms with Gasteiger partial charge in [-0.2, -0.15) is 0 Å². The van der Waals surface area contributed by atoms with Gasteiger partial charge in [0.1, 0.15) is 13.1 Å². The quantitative estimate of drug-likeness (QED) is 0.565. The van der Waals surface area contributed by atoms with Crippen LogP contribution in [0.3, 0.4) is 0 Å². The van der Waals surface area contributed by atoms with Crippen LogP contribution >= 0.6 is 0 Å². The molecule has 4 N–H and O–H groups in total. The lowest BCUT2D eigenvalue weighted by Gasteiger charge is -2.17. The van der Waals surface area contributed by atoms with E-state index in [4.69, 9.17) is 15.9 Å². The summed E-state index contributed by atoms with van der Waals surface area (Å²) >= 11 is 0. The van der Waals surface area contributed by atoms with Crippen molar-refractivity contribution in [3.05, 3.63) is 30.1 Å². The van der Waals surface area contributed by atoms with E-state index in [1.165, 1.54) is 19.2 Å². The summed E-state index contributed by atoms with van der Waals surface area (Å²) in [5.41, 5.74) is 5.40. The van der Waals surface area contributed by atoms with Crippen molar-refractivity contribution >= 4 is 11.9 Å². The zero-order valence-electron chi connectivity index (χ0n) is 11.7. The molecule has 0 saturated heterocycles. The van der Waals surface area contributed by atoms with Crippen LogP contribution < -0.4 is 15.4 Å². The molecule has 0 radical (unpaired) electrons. The molecule has 0 fully saturated rings. The number of hydrogen-bond donors (Lipinski definition) is 3. The fraction of sp³-hybridized carbons (Fsp3) is 0.462. The summed E-state index contributed by atoms with van der Waals surface area (Å²) < 4.78 is 1.66. The Bertz CT molecular complexity index is 462. The summed E-state index contributed by atoms with van der Waals surface area (Å²) in [6.45, 7) is 3.12. The molecule has 0 aliphatic heterocycles. The monoisotopic (exact) mass is 284 g/mol. The van der Waals surface area contributed by atoms with Gasteiger partial charge in [-0.3, -0.25) is 4.79 Å². The smallest absolute Gasteiger partial charge is 0.320 e. The van der Waals surface area contributed by atoms with Gasteiger partial charge in [0.15, 0.2) is 12.4 Å². The Hall–Kier alpha value is -1.99. The second kappa shape index (κ2) is 8.23. The third-order valence-corrected chi connectivity index (χ3v) is 2.79. The Morgan fingerprint density at radius 2 is 1.95 bits per heavy atom. The molecule has 0 saturated carbocycles. The number of carbonyl (C=O) groups excluding carboxylic acids is 1. The van der Waals surface area contributed by atoms with Gasteiger partial charge >= 0.3 is 5.97 Å². The van der Waals surface area contributed by atoms with Crippen LogP contribution in [0.2, 0.25) is 0 Å². The number of aromatic nitrogens is 1. The van der Waals surface area contributed by atoms with Crippen LogP contribution in [0.4, 0.5) is 0 Å². The molecule has 1 rings (SSSR count). The van der Waals surface area contributed by atoms with Crippen molar-refractivity contribution in [3.8, 4) is 0 Å². The summed E-state index contributed by atoms with van der Waals surface area (Å²) in [7, 11) is 1.76. The molecule has 112 valence electrons. The average molecular weight is 284 g/mol. The highest BCUT2D eigenvalue weighted by molar-refractivity contribution is 5.84. The molecule has 20 heavy (non-hydrogen) atoms. The largest absolute Gasteiger partial charge is 0.545 e. The zero-order chi connectivity index (χ0) is 15.9. The summed E-state index contributed by atoms with van der Waals surface area (Å²) in [4.78, 5) is 20.4. The molecule has 0 bridgehead atoms. The minimum absolute atomic E-state index is 0.199. The first kappa shape index (κ1) is 18.0. The topological polar surface area (TPSA) is 128 Å². The van der Waals surface area contributed by atoms with Gasteiger partial charge in [0.25, 0.3) is 0 Å². The minimum Gasteiger partial charge on any atom is -0.545 e. The minimum atomic E-state index is -1.14. The van der Waals surface area contributed by atoms with Crippen LogP contribution in [0.1, 0.15) is 24.2 Å². The van der Waals surface area contributed by atoms with E-state index >= 15 is 0 Å². The van der Waals surface area contributed by atoms with Gasteiger partial charge in [-0.25, -0.2) is 4.57 Å². The standard InChI is InChI=1S/C7H7NO2.C6H13NO3/c1-8-4-2-3-6(5-8)7(9)10;1-3(4(2)8)5(7)6(9)10/h2-5H,1H3;3-5,8H,7H2,1-2H3,(H,9,10)/t;3-,4?,5-/m.0/s1. The third-order valence-electron chi connectivity index (χ3n) is 2.79. The predicted molar refractivity (Wildman–Crippen MR) is 68.4 cm³/mol. The number of carbonyl (C=O) groups is 2. The number of nitrogens with zero attached hydrogens (tertiary/aromatic N) is 1. The van der Waals surface area contributed by atoms with E-state index in [1.54, 1.807) is 30.8 Å². The number of aryl methyl sites for hydroxylation is 1. The fourth-order valence-corrected chi connectivity index (χ4v) is 1.23. The van der Waals surface area contributed by atoms with Gasteiger partial charge in [0, 0.05) is 12.0 Å². The van der Waals surface area contributed by atoms with E-state index in [0.717, 1.165) is 0 Å². The van der Waals surface area contributed by atoms with Crippen molar-refractivity contribution < 1.29 is 29.5 Å². The Kier molecular flexibility index (Phi) is 7.42. The second-order valence-corrected chi connectivity index (χ2v) is 4.51. The summed E-state index contributed by atoms with van der Waals surface area (Å²) in [6, 6.07) is 2.18. The summed E-state index contributed by atoms with van der Waals surface area (Å²) in [6.07, 6.45) is 2.58. The predicted octanol–water partition coefficient (Wildman–Crippen LogP) is -1.71. The van der Waals surface area contributed by atoms with Gasteiger partial charge in [-0.15, -0.1) is 0 Å². The number of carboxylic acid groups (broad SMARTS) is 2. The Morgan fingerprint density at radius 3 is 2.20 bits per heavy atom. The highest BCUT2D eigenvalue weighted by Crippen LogP contribution is 2.05. The molecule has 1 aromatic heterocycles. The lowest BCUT2D eigenvalue weighted by molar-refractivity contribution is -0.671. The van der Waals surface area contributed by atoms with Crippen LogP contribution in [-0.2, 0) is 11.8 Å². The Labute approximate surface area is 117 Å². The molecule has 3 atom stereocenters. The van der Waals surface area contributed by atoms with Crippen molar-refractivity contribution in [2.75, 3.05) is 0 Å². The highest BCUT2D eigenvalue weighted by Gasteiger charge is 2.23. The molecule has 1 aromatic rings. The molecule has 0 amide bonds. The number of nitrogens with two attached hydrogens (primary N) is 1. The number of rotatable bonds is 4. The molecular formula is C13H20N2O5. The summed E-state index contributed by atoms with van der Waals surface area (Å²) in [5.74, 6) is -2.62. The van der Waals surface area contributed by atoms with Gasteiger partial charge in [0.05, 0.1) is 17.6 Å². The van der Waals surface area contributed by atoms with E-state index in [2.05, 4.69) is 0 Å². The number of aliphatic carboxylic acids is 1. The Morgan fingerprint density at radius 1 is 1.40 bits per heavy atom. The van der Waals surface area contributed by atoms with E-state index in [0.29, 0.717) is 0 Å². The second-order valence-electron chi connectivity index (χ2n) is 4.51. The maximum Gasteiger partial charge on any atom is 0.320 e. The molecule has 0 aliphatic rings. The first-order chi connectivity index (χ1) is 9.16. The normalized spacial score (nSPS) is 14.4. The van der Waals surface area contributed by atoms with E-state index in [-0.39, 0.29) is 5.56 Å². The van der Waals surface area contributed by atoms with E-state index in [1.807, 2.05) is 0 Å². The first-order valence-corrected chi connectivity index (χ1v) is 6.00. The lowest BCUT2D eigenvalue weighted by atomic mass is 9.98. The van der Waals surface area contributed by atoms with Crippen LogP contribution in [0.5, 0.6) is 0 Å².